The lowest BCUT2D eigenvalue weighted by Gasteiger charge is -2.21. The molecule has 4 heteroatoms. The molecule has 0 aromatic rings. The molecule has 3 N–H and O–H groups in total. The molecule has 1 aliphatic heterocycles. The predicted molar refractivity (Wildman–Crippen MR) is 45.6 cm³/mol. The topological polar surface area (TPSA) is 64.4 Å². The number of primary amides is 1. The second-order valence-corrected chi connectivity index (χ2v) is 3.15. The predicted octanol–water partition coefficient (Wildman–Crippen LogP) is -0.512. The van der Waals surface area contributed by atoms with Gasteiger partial charge in [0.15, 0.2) is 0 Å². The molecule has 4 nitrogen and oxygen atoms in total. The van der Waals surface area contributed by atoms with E-state index in [4.69, 9.17) is 10.5 Å². The Bertz CT molecular complexity index is 144. The molecule has 70 valence electrons. The fourth-order valence-electron chi connectivity index (χ4n) is 1.35. The molecule has 0 aromatic heterocycles. The van der Waals surface area contributed by atoms with Crippen LogP contribution in [0, 0.1) is 5.92 Å². The fraction of sp³-hybridized carbons (Fsp3) is 0.875. The summed E-state index contributed by atoms with van der Waals surface area (Å²) in [5, 5.41) is 3.02. The lowest BCUT2D eigenvalue weighted by molar-refractivity contribution is -0.117. The minimum atomic E-state index is -0.290. The van der Waals surface area contributed by atoms with E-state index in [-0.39, 0.29) is 12.5 Å². The number of nitrogens with one attached hydrogen (secondary N) is 1. The van der Waals surface area contributed by atoms with E-state index < -0.39 is 0 Å². The molecule has 12 heavy (non-hydrogen) atoms. The molecule has 1 saturated heterocycles. The molecule has 0 saturated carbocycles. The van der Waals surface area contributed by atoms with Crippen LogP contribution in [0.3, 0.4) is 0 Å². The Hall–Kier alpha value is -0.610. The van der Waals surface area contributed by atoms with Gasteiger partial charge < -0.3 is 15.8 Å². The lowest BCUT2D eigenvalue weighted by atomic mass is 10.0. The van der Waals surface area contributed by atoms with Crippen molar-refractivity contribution in [3.63, 3.8) is 0 Å². The Kier molecular flexibility index (Phi) is 4.04. The van der Waals surface area contributed by atoms with Crippen molar-refractivity contribution in [2.45, 2.75) is 12.8 Å². The molecule has 0 bridgehead atoms. The third-order valence-electron chi connectivity index (χ3n) is 2.07. The highest BCUT2D eigenvalue weighted by molar-refractivity contribution is 5.75. The highest BCUT2D eigenvalue weighted by atomic mass is 16.5. The van der Waals surface area contributed by atoms with Gasteiger partial charge in [-0.3, -0.25) is 4.79 Å². The number of rotatable bonds is 4. The Morgan fingerprint density at radius 3 is 2.75 bits per heavy atom. The average molecular weight is 172 g/mol. The first kappa shape index (κ1) is 9.48. The first-order chi connectivity index (χ1) is 5.79. The van der Waals surface area contributed by atoms with Crippen LogP contribution in [0.25, 0.3) is 0 Å². The van der Waals surface area contributed by atoms with Crippen molar-refractivity contribution in [1.29, 1.82) is 0 Å². The van der Waals surface area contributed by atoms with E-state index in [1.54, 1.807) is 0 Å². The van der Waals surface area contributed by atoms with Crippen LogP contribution in [-0.2, 0) is 9.53 Å². The summed E-state index contributed by atoms with van der Waals surface area (Å²) >= 11 is 0. The van der Waals surface area contributed by atoms with E-state index in [1.807, 2.05) is 0 Å². The van der Waals surface area contributed by atoms with Gasteiger partial charge in [-0.2, -0.15) is 0 Å². The van der Waals surface area contributed by atoms with Crippen molar-refractivity contribution in [3.05, 3.63) is 0 Å². The number of nitrogens with two attached hydrogens (primary N) is 1. The fourth-order valence-corrected chi connectivity index (χ4v) is 1.35. The van der Waals surface area contributed by atoms with Crippen LogP contribution in [-0.4, -0.2) is 32.2 Å². The minimum absolute atomic E-state index is 0.289. The van der Waals surface area contributed by atoms with Crippen molar-refractivity contribution in [2.75, 3.05) is 26.3 Å². The van der Waals surface area contributed by atoms with Gasteiger partial charge in [0.25, 0.3) is 0 Å². The largest absolute Gasteiger partial charge is 0.381 e. The number of carbonyl (C=O) groups is 1. The van der Waals surface area contributed by atoms with Crippen LogP contribution >= 0.6 is 0 Å². The van der Waals surface area contributed by atoms with E-state index in [2.05, 4.69) is 5.32 Å². The van der Waals surface area contributed by atoms with Crippen molar-refractivity contribution in [1.82, 2.24) is 5.32 Å². The van der Waals surface area contributed by atoms with Gasteiger partial charge in [0.1, 0.15) is 0 Å². The molecule has 1 fully saturated rings. The molecule has 0 atom stereocenters. The van der Waals surface area contributed by atoms with Gasteiger partial charge in [-0.1, -0.05) is 0 Å². The quantitative estimate of drug-likeness (QED) is 0.600. The standard InChI is InChI=1S/C8H16N2O2/c9-8(11)6-10-5-7-1-3-12-4-2-7/h7,10H,1-6H2,(H2,9,11). The van der Waals surface area contributed by atoms with Gasteiger partial charge in [0, 0.05) is 13.2 Å². The van der Waals surface area contributed by atoms with E-state index in [0.29, 0.717) is 5.92 Å². The smallest absolute Gasteiger partial charge is 0.231 e. The Morgan fingerprint density at radius 2 is 2.17 bits per heavy atom. The highest BCUT2D eigenvalue weighted by Gasteiger charge is 2.12. The number of amides is 1. The van der Waals surface area contributed by atoms with Crippen LogP contribution in [0.5, 0.6) is 0 Å². The monoisotopic (exact) mass is 172 g/mol. The van der Waals surface area contributed by atoms with Crippen LogP contribution < -0.4 is 11.1 Å². The maximum absolute atomic E-state index is 10.4. The van der Waals surface area contributed by atoms with Gasteiger partial charge in [-0.25, -0.2) is 0 Å². The third kappa shape index (κ3) is 3.69. The summed E-state index contributed by atoms with van der Waals surface area (Å²) in [7, 11) is 0. The molecule has 1 amide bonds. The number of hydrogen-bond acceptors (Lipinski definition) is 3. The molecule has 0 aliphatic carbocycles. The second kappa shape index (κ2) is 5.11. The number of hydrogen-bond donors (Lipinski definition) is 2. The first-order valence-electron chi connectivity index (χ1n) is 4.36. The normalized spacial score (nSPS) is 19.3. The second-order valence-electron chi connectivity index (χ2n) is 3.15. The molecule has 0 unspecified atom stereocenters. The molecule has 1 rings (SSSR count). The Balaban J connectivity index is 2.01. The molecular formula is C8H16N2O2. The molecule has 0 radical (unpaired) electrons. The summed E-state index contributed by atoms with van der Waals surface area (Å²) in [6.07, 6.45) is 2.18. The third-order valence-corrected chi connectivity index (χ3v) is 2.07. The Labute approximate surface area is 72.5 Å². The van der Waals surface area contributed by atoms with E-state index in [1.165, 1.54) is 0 Å². The van der Waals surface area contributed by atoms with E-state index in [9.17, 15) is 4.79 Å². The molecule has 0 spiro atoms. The number of carbonyl (C=O) groups excluding carboxylic acids is 1. The van der Waals surface area contributed by atoms with E-state index >= 15 is 0 Å². The summed E-state index contributed by atoms with van der Waals surface area (Å²) in [5.41, 5.74) is 4.98. The lowest BCUT2D eigenvalue weighted by Crippen LogP contribution is -2.34. The van der Waals surface area contributed by atoms with Crippen LogP contribution in [0.4, 0.5) is 0 Å². The molecule has 0 aromatic carbocycles. The molecule has 1 heterocycles. The average Bonchev–Trinajstić information content (AvgIpc) is 2.05. The summed E-state index contributed by atoms with van der Waals surface area (Å²) in [6.45, 7) is 2.87. The Morgan fingerprint density at radius 1 is 1.50 bits per heavy atom. The number of ether oxygens (including phenoxy) is 1. The summed E-state index contributed by atoms with van der Waals surface area (Å²) in [5.74, 6) is 0.361. The minimum Gasteiger partial charge on any atom is -0.381 e. The highest BCUT2D eigenvalue weighted by Crippen LogP contribution is 2.12. The zero-order chi connectivity index (χ0) is 8.81. The van der Waals surface area contributed by atoms with Crippen molar-refractivity contribution in [2.24, 2.45) is 11.7 Å². The maximum Gasteiger partial charge on any atom is 0.231 e. The SMILES string of the molecule is NC(=O)CNCC1CCOCC1. The zero-order valence-corrected chi connectivity index (χ0v) is 7.21. The molecule has 1 aliphatic rings. The maximum atomic E-state index is 10.4. The van der Waals surface area contributed by atoms with Crippen molar-refractivity contribution in [3.8, 4) is 0 Å². The first-order valence-corrected chi connectivity index (χ1v) is 4.36. The summed E-state index contributed by atoms with van der Waals surface area (Å²) in [6, 6.07) is 0. The van der Waals surface area contributed by atoms with Gasteiger partial charge in [0.2, 0.25) is 5.91 Å². The van der Waals surface area contributed by atoms with Gasteiger partial charge in [-0.15, -0.1) is 0 Å². The van der Waals surface area contributed by atoms with Crippen LogP contribution in [0.15, 0.2) is 0 Å². The molecular weight excluding hydrogens is 156 g/mol. The van der Waals surface area contributed by atoms with Crippen LogP contribution in [0.1, 0.15) is 12.8 Å². The van der Waals surface area contributed by atoms with Crippen LogP contribution in [0.2, 0.25) is 0 Å². The van der Waals surface area contributed by atoms with Gasteiger partial charge in [0.05, 0.1) is 6.54 Å². The zero-order valence-electron chi connectivity index (χ0n) is 7.21. The van der Waals surface area contributed by atoms with Crippen molar-refractivity contribution >= 4 is 5.91 Å². The van der Waals surface area contributed by atoms with E-state index in [0.717, 1.165) is 32.6 Å². The van der Waals surface area contributed by atoms with Gasteiger partial charge >= 0.3 is 0 Å². The van der Waals surface area contributed by atoms with Gasteiger partial charge in [-0.05, 0) is 25.3 Å². The summed E-state index contributed by atoms with van der Waals surface area (Å²) in [4.78, 5) is 10.4. The van der Waals surface area contributed by atoms with Crippen molar-refractivity contribution < 1.29 is 9.53 Å². The summed E-state index contributed by atoms with van der Waals surface area (Å²) < 4.78 is 5.21.